The molecule has 28 heavy (non-hydrogen) atoms. The maximum absolute atomic E-state index is 12.9. The van der Waals surface area contributed by atoms with E-state index in [1.807, 2.05) is 42.6 Å². The first-order valence-corrected chi connectivity index (χ1v) is 11.1. The number of morpholine rings is 1. The first-order valence-electron chi connectivity index (χ1n) is 9.68. The highest BCUT2D eigenvalue weighted by molar-refractivity contribution is 7.89. The van der Waals surface area contributed by atoms with Crippen LogP contribution in [0.3, 0.4) is 0 Å². The van der Waals surface area contributed by atoms with E-state index in [0.29, 0.717) is 31.2 Å². The second kappa shape index (κ2) is 8.57. The number of pyridine rings is 1. The van der Waals surface area contributed by atoms with Gasteiger partial charge in [0.05, 0.1) is 18.1 Å². The lowest BCUT2D eigenvalue weighted by atomic mass is 10.2. The van der Waals surface area contributed by atoms with Gasteiger partial charge in [-0.2, -0.15) is 4.31 Å². The summed E-state index contributed by atoms with van der Waals surface area (Å²) in [4.78, 5) is 9.44. The van der Waals surface area contributed by atoms with Crippen LogP contribution in [0.25, 0.3) is 0 Å². The molecule has 2 saturated heterocycles. The van der Waals surface area contributed by atoms with E-state index in [1.165, 1.54) is 4.31 Å². The number of piperazine rings is 1. The summed E-state index contributed by atoms with van der Waals surface area (Å²) < 4.78 is 32.5. The Bertz CT molecular complexity index is 877. The van der Waals surface area contributed by atoms with E-state index in [1.54, 1.807) is 6.07 Å². The molecule has 7 nitrogen and oxygen atoms in total. The van der Waals surface area contributed by atoms with Crippen molar-refractivity contribution in [1.29, 1.82) is 0 Å². The molecule has 0 atom stereocenters. The summed E-state index contributed by atoms with van der Waals surface area (Å²) in [7, 11) is -3.45. The summed E-state index contributed by atoms with van der Waals surface area (Å²) in [5, 5.41) is 0. The fourth-order valence-electron chi connectivity index (χ4n) is 3.67. The largest absolute Gasteiger partial charge is 0.379 e. The summed E-state index contributed by atoms with van der Waals surface area (Å²) in [6, 6.07) is 13.3. The van der Waals surface area contributed by atoms with E-state index >= 15 is 0 Å². The second-order valence-electron chi connectivity index (χ2n) is 7.11. The molecule has 0 radical (unpaired) electrons. The van der Waals surface area contributed by atoms with Gasteiger partial charge in [0.15, 0.2) is 0 Å². The normalized spacial score (nSPS) is 19.6. The number of sulfonamides is 1. The van der Waals surface area contributed by atoms with Gasteiger partial charge in [-0.3, -0.25) is 4.90 Å². The van der Waals surface area contributed by atoms with E-state index in [0.717, 1.165) is 44.1 Å². The molecule has 1 aromatic carbocycles. The quantitative estimate of drug-likeness (QED) is 0.754. The average Bonchev–Trinajstić information content (AvgIpc) is 2.76. The van der Waals surface area contributed by atoms with Crippen LogP contribution in [-0.2, 0) is 21.3 Å². The minimum absolute atomic E-state index is 0.374. The molecule has 0 aliphatic carbocycles. The van der Waals surface area contributed by atoms with Gasteiger partial charge >= 0.3 is 0 Å². The fourth-order valence-corrected chi connectivity index (χ4v) is 5.15. The van der Waals surface area contributed by atoms with E-state index < -0.39 is 10.0 Å². The Morgan fingerprint density at radius 1 is 0.929 bits per heavy atom. The van der Waals surface area contributed by atoms with Crippen molar-refractivity contribution in [3.05, 3.63) is 54.2 Å². The molecule has 2 aliphatic heterocycles. The van der Waals surface area contributed by atoms with Crippen molar-refractivity contribution in [2.45, 2.75) is 11.4 Å². The molecule has 2 fully saturated rings. The monoisotopic (exact) mass is 402 g/mol. The van der Waals surface area contributed by atoms with E-state index in [2.05, 4.69) is 14.8 Å². The van der Waals surface area contributed by atoms with Crippen LogP contribution in [0.4, 0.5) is 5.82 Å². The lowest BCUT2D eigenvalue weighted by Crippen LogP contribution is -2.46. The topological polar surface area (TPSA) is 66.0 Å². The van der Waals surface area contributed by atoms with Crippen molar-refractivity contribution in [2.75, 3.05) is 57.4 Å². The number of hydrogen-bond donors (Lipinski definition) is 0. The lowest BCUT2D eigenvalue weighted by Gasteiger charge is -2.35. The minimum atomic E-state index is -3.45. The van der Waals surface area contributed by atoms with Gasteiger partial charge in [0.1, 0.15) is 5.82 Å². The summed E-state index contributed by atoms with van der Waals surface area (Å²) in [6.45, 7) is 6.20. The van der Waals surface area contributed by atoms with Crippen molar-refractivity contribution in [3.8, 4) is 0 Å². The molecule has 1 aromatic heterocycles. The Kier molecular flexibility index (Phi) is 5.91. The molecule has 2 aliphatic rings. The van der Waals surface area contributed by atoms with Gasteiger partial charge in [-0.15, -0.1) is 0 Å². The molecule has 0 amide bonds. The first-order chi connectivity index (χ1) is 13.6. The van der Waals surface area contributed by atoms with Crippen LogP contribution in [0.1, 0.15) is 5.56 Å². The van der Waals surface area contributed by atoms with Gasteiger partial charge < -0.3 is 9.64 Å². The molecule has 150 valence electrons. The second-order valence-corrected chi connectivity index (χ2v) is 9.05. The van der Waals surface area contributed by atoms with Gasteiger partial charge in [-0.1, -0.05) is 18.2 Å². The number of hydrogen-bond acceptors (Lipinski definition) is 6. The van der Waals surface area contributed by atoms with E-state index in [4.69, 9.17) is 4.74 Å². The van der Waals surface area contributed by atoms with Gasteiger partial charge in [0.25, 0.3) is 0 Å². The third-order valence-corrected chi connectivity index (χ3v) is 7.15. The number of nitrogens with zero attached hydrogens (tertiary/aromatic N) is 4. The van der Waals surface area contributed by atoms with Gasteiger partial charge in [0, 0.05) is 52.0 Å². The van der Waals surface area contributed by atoms with Crippen molar-refractivity contribution in [3.63, 3.8) is 0 Å². The number of anilines is 1. The standard InChI is InChI=1S/C20H26N4O3S/c25-28(26,24-12-14-27-15-13-24)19-5-3-4-18(16-19)17-22-8-10-23(11-9-22)20-6-1-2-7-21-20/h1-7,16H,8-15,17H2. The highest BCUT2D eigenvalue weighted by Crippen LogP contribution is 2.20. The van der Waals surface area contributed by atoms with Gasteiger partial charge in [-0.25, -0.2) is 13.4 Å². The predicted molar refractivity (Wildman–Crippen MR) is 108 cm³/mol. The maximum Gasteiger partial charge on any atom is 0.243 e. The van der Waals surface area contributed by atoms with Crippen molar-refractivity contribution in [2.24, 2.45) is 0 Å². The molecule has 0 bridgehead atoms. The van der Waals surface area contributed by atoms with Crippen LogP contribution in [0.2, 0.25) is 0 Å². The molecule has 3 heterocycles. The first kappa shape index (κ1) is 19.3. The number of rotatable bonds is 5. The highest BCUT2D eigenvalue weighted by Gasteiger charge is 2.26. The molecular weight excluding hydrogens is 376 g/mol. The average molecular weight is 403 g/mol. The molecule has 8 heteroatoms. The molecule has 0 saturated carbocycles. The fraction of sp³-hybridized carbons (Fsp3) is 0.450. The molecule has 0 N–H and O–H groups in total. The van der Waals surface area contributed by atoms with Crippen molar-refractivity contribution in [1.82, 2.24) is 14.2 Å². The van der Waals surface area contributed by atoms with Crippen LogP contribution in [0.5, 0.6) is 0 Å². The zero-order valence-corrected chi connectivity index (χ0v) is 16.7. The minimum Gasteiger partial charge on any atom is -0.379 e. The summed E-state index contributed by atoms with van der Waals surface area (Å²) in [6.07, 6.45) is 1.82. The molecule has 4 rings (SSSR count). The van der Waals surface area contributed by atoms with Crippen LogP contribution in [0.15, 0.2) is 53.6 Å². The Hall–Kier alpha value is -2.00. The van der Waals surface area contributed by atoms with E-state index in [-0.39, 0.29) is 0 Å². The Morgan fingerprint density at radius 3 is 2.43 bits per heavy atom. The Labute approximate surface area is 166 Å². The van der Waals surface area contributed by atoms with Crippen LogP contribution < -0.4 is 4.90 Å². The maximum atomic E-state index is 12.9. The zero-order valence-electron chi connectivity index (χ0n) is 15.9. The lowest BCUT2D eigenvalue weighted by molar-refractivity contribution is 0.0730. The summed E-state index contributed by atoms with van der Waals surface area (Å²) in [5.41, 5.74) is 1.03. The molecular formula is C20H26N4O3S. The number of ether oxygens (including phenoxy) is 1. The summed E-state index contributed by atoms with van der Waals surface area (Å²) in [5.74, 6) is 1.01. The number of benzene rings is 1. The summed E-state index contributed by atoms with van der Waals surface area (Å²) >= 11 is 0. The van der Waals surface area contributed by atoms with Gasteiger partial charge in [0.2, 0.25) is 10.0 Å². The van der Waals surface area contributed by atoms with Crippen LogP contribution in [0, 0.1) is 0 Å². The smallest absolute Gasteiger partial charge is 0.243 e. The highest BCUT2D eigenvalue weighted by atomic mass is 32.2. The van der Waals surface area contributed by atoms with Crippen molar-refractivity contribution < 1.29 is 13.2 Å². The zero-order chi connectivity index (χ0) is 19.4. The SMILES string of the molecule is O=S(=O)(c1cccc(CN2CCN(c3ccccn3)CC2)c1)N1CCOCC1. The van der Waals surface area contributed by atoms with E-state index in [9.17, 15) is 8.42 Å². The molecule has 0 spiro atoms. The Morgan fingerprint density at radius 2 is 1.71 bits per heavy atom. The van der Waals surface area contributed by atoms with Crippen LogP contribution in [-0.4, -0.2) is 75.1 Å². The van der Waals surface area contributed by atoms with Crippen LogP contribution >= 0.6 is 0 Å². The Balaban J connectivity index is 1.39. The van der Waals surface area contributed by atoms with Gasteiger partial charge in [-0.05, 0) is 29.8 Å². The third-order valence-electron chi connectivity index (χ3n) is 5.26. The molecule has 2 aromatic rings. The van der Waals surface area contributed by atoms with Crippen molar-refractivity contribution >= 4 is 15.8 Å². The molecule has 0 unspecified atom stereocenters. The third kappa shape index (κ3) is 4.35. The number of aromatic nitrogens is 1. The predicted octanol–water partition coefficient (Wildman–Crippen LogP) is 1.42.